The van der Waals surface area contributed by atoms with E-state index in [1.165, 1.54) is 48.8 Å². The molecule has 0 aliphatic carbocycles. The fraction of sp³-hybridized carbons (Fsp3) is 0.143. The van der Waals surface area contributed by atoms with Crippen LogP contribution in [0.5, 0.6) is 5.75 Å². The summed E-state index contributed by atoms with van der Waals surface area (Å²) in [5, 5.41) is 15.2. The highest BCUT2D eigenvalue weighted by Gasteiger charge is 2.20. The number of non-ortho nitro benzene ring substituents is 1. The lowest BCUT2D eigenvalue weighted by Crippen LogP contribution is -2.01. The molecule has 2 aromatic carbocycles. The van der Waals surface area contributed by atoms with Crippen LogP contribution in [0, 0.1) is 29.8 Å². The molecule has 0 atom stereocenters. The van der Waals surface area contributed by atoms with Gasteiger partial charge < -0.3 is 10.1 Å². The Kier molecular flexibility index (Phi) is 5.04. The average Bonchev–Trinajstić information content (AvgIpc) is 3.04. The summed E-state index contributed by atoms with van der Waals surface area (Å²) >= 11 is 1.51. The molecule has 0 amide bonds. The number of hydrogen-bond donors (Lipinski definition) is 1. The first kappa shape index (κ1) is 19.7. The van der Waals surface area contributed by atoms with Gasteiger partial charge in [0.1, 0.15) is 28.0 Å². The van der Waals surface area contributed by atoms with Gasteiger partial charge in [0, 0.05) is 22.6 Å². The predicted molar refractivity (Wildman–Crippen MR) is 115 cm³/mol. The Morgan fingerprint density at radius 2 is 1.87 bits per heavy atom. The summed E-state index contributed by atoms with van der Waals surface area (Å²) in [7, 11) is 1.49. The van der Waals surface area contributed by atoms with Gasteiger partial charge in [-0.3, -0.25) is 10.1 Å². The summed E-state index contributed by atoms with van der Waals surface area (Å²) in [6.45, 7) is 3.75. The van der Waals surface area contributed by atoms with Crippen LogP contribution in [0.25, 0.3) is 21.3 Å². The van der Waals surface area contributed by atoms with E-state index in [1.807, 2.05) is 6.92 Å². The largest absolute Gasteiger partial charge is 0.495 e. The van der Waals surface area contributed by atoms with Crippen LogP contribution in [0.1, 0.15) is 10.7 Å². The zero-order valence-electron chi connectivity index (χ0n) is 16.4. The Bertz CT molecular complexity index is 1270. The van der Waals surface area contributed by atoms with Crippen molar-refractivity contribution in [2.45, 2.75) is 13.8 Å². The van der Waals surface area contributed by atoms with Crippen molar-refractivity contribution in [1.82, 2.24) is 9.97 Å². The molecule has 4 aromatic rings. The minimum Gasteiger partial charge on any atom is -0.495 e. The number of aryl methyl sites for hydroxylation is 2. The minimum absolute atomic E-state index is 0.0689. The number of thiophene rings is 1. The van der Waals surface area contributed by atoms with E-state index in [4.69, 9.17) is 4.74 Å². The number of ether oxygens (including phenoxy) is 1. The molecule has 30 heavy (non-hydrogen) atoms. The van der Waals surface area contributed by atoms with Crippen molar-refractivity contribution in [3.05, 3.63) is 69.1 Å². The van der Waals surface area contributed by atoms with Crippen molar-refractivity contribution in [3.63, 3.8) is 0 Å². The molecular formula is C21H17FN4O3S. The summed E-state index contributed by atoms with van der Waals surface area (Å²) in [6, 6.07) is 10.5. The molecule has 152 valence electrons. The van der Waals surface area contributed by atoms with Crippen molar-refractivity contribution < 1.29 is 14.1 Å². The van der Waals surface area contributed by atoms with Crippen molar-refractivity contribution in [1.29, 1.82) is 0 Å². The number of hydrogen-bond acceptors (Lipinski definition) is 7. The second-order valence-corrected chi connectivity index (χ2v) is 7.81. The normalized spacial score (nSPS) is 10.9. The third kappa shape index (κ3) is 3.55. The summed E-state index contributed by atoms with van der Waals surface area (Å²) in [5.41, 5.74) is 2.07. The number of fused-ring (bicyclic) bond motifs is 1. The number of benzene rings is 2. The molecule has 0 saturated carbocycles. The molecule has 0 bridgehead atoms. The van der Waals surface area contributed by atoms with Gasteiger partial charge in [-0.25, -0.2) is 14.4 Å². The van der Waals surface area contributed by atoms with Crippen LogP contribution in [0.2, 0.25) is 0 Å². The number of halogens is 1. The van der Waals surface area contributed by atoms with Gasteiger partial charge in [-0.2, -0.15) is 0 Å². The molecule has 1 N–H and O–H groups in total. The summed E-state index contributed by atoms with van der Waals surface area (Å²) < 4.78 is 18.8. The molecule has 0 radical (unpaired) electrons. The summed E-state index contributed by atoms with van der Waals surface area (Å²) in [5.74, 6) is 1.18. The van der Waals surface area contributed by atoms with Gasteiger partial charge in [0.15, 0.2) is 0 Å². The molecule has 0 spiro atoms. The first-order valence-electron chi connectivity index (χ1n) is 9.00. The van der Waals surface area contributed by atoms with Crippen molar-refractivity contribution >= 4 is 38.7 Å². The number of aromatic nitrogens is 2. The number of anilines is 2. The predicted octanol–water partition coefficient (Wildman–Crippen LogP) is 5.77. The Balaban J connectivity index is 1.93. The van der Waals surface area contributed by atoms with Crippen LogP contribution in [0.3, 0.4) is 0 Å². The zero-order valence-corrected chi connectivity index (χ0v) is 17.2. The Labute approximate surface area is 175 Å². The number of methoxy groups -OCH3 is 1. The third-order valence-corrected chi connectivity index (χ3v) is 5.62. The van der Waals surface area contributed by atoms with Gasteiger partial charge in [0.2, 0.25) is 0 Å². The number of nitrogens with one attached hydrogen (secondary N) is 1. The molecule has 9 heteroatoms. The highest BCUT2D eigenvalue weighted by atomic mass is 32.1. The monoisotopic (exact) mass is 424 g/mol. The molecule has 4 rings (SSSR count). The molecule has 7 nitrogen and oxygen atoms in total. The van der Waals surface area contributed by atoms with Crippen LogP contribution < -0.4 is 10.1 Å². The van der Waals surface area contributed by atoms with E-state index >= 15 is 0 Å². The minimum atomic E-state index is -0.468. The first-order chi connectivity index (χ1) is 14.4. The maximum Gasteiger partial charge on any atom is 0.271 e. The highest BCUT2D eigenvalue weighted by Crippen LogP contribution is 2.42. The lowest BCUT2D eigenvalue weighted by molar-refractivity contribution is -0.384. The van der Waals surface area contributed by atoms with Gasteiger partial charge in [-0.1, -0.05) is 12.1 Å². The molecule has 0 aliphatic rings. The van der Waals surface area contributed by atoms with Gasteiger partial charge in [-0.05, 0) is 37.6 Å². The second-order valence-electron chi connectivity index (χ2n) is 6.61. The molecule has 0 unspecified atom stereocenters. The molecule has 2 heterocycles. The second kappa shape index (κ2) is 7.68. The number of nitro groups is 1. The highest BCUT2D eigenvalue weighted by molar-refractivity contribution is 7.19. The quantitative estimate of drug-likeness (QED) is 0.323. The Hall–Kier alpha value is -3.59. The van der Waals surface area contributed by atoms with Gasteiger partial charge in [0.25, 0.3) is 5.69 Å². The van der Waals surface area contributed by atoms with Gasteiger partial charge in [-0.15, -0.1) is 11.3 Å². The van der Waals surface area contributed by atoms with Gasteiger partial charge in [0.05, 0.1) is 23.1 Å². The van der Waals surface area contributed by atoms with E-state index in [2.05, 4.69) is 15.3 Å². The van der Waals surface area contributed by atoms with E-state index < -0.39 is 4.92 Å². The average molecular weight is 424 g/mol. The SMILES string of the molecule is COc1ccc([N+](=O)[O-])cc1Nc1nc(C)nc2sc(C)c(-c3ccc(F)cc3)c12. The third-order valence-electron chi connectivity index (χ3n) is 4.62. The van der Waals surface area contributed by atoms with E-state index in [-0.39, 0.29) is 11.5 Å². The number of nitro benzene ring substituents is 1. The summed E-state index contributed by atoms with van der Waals surface area (Å²) in [4.78, 5) is 21.6. The van der Waals surface area contributed by atoms with E-state index in [0.717, 1.165) is 26.2 Å². The number of rotatable bonds is 5. The van der Waals surface area contributed by atoms with Crippen LogP contribution in [-0.2, 0) is 0 Å². The van der Waals surface area contributed by atoms with Crippen molar-refractivity contribution in [2.75, 3.05) is 12.4 Å². The lowest BCUT2D eigenvalue weighted by atomic mass is 10.0. The van der Waals surface area contributed by atoms with Crippen molar-refractivity contribution in [3.8, 4) is 16.9 Å². The van der Waals surface area contributed by atoms with Gasteiger partial charge >= 0.3 is 0 Å². The first-order valence-corrected chi connectivity index (χ1v) is 9.82. The Morgan fingerprint density at radius 1 is 1.13 bits per heavy atom. The Morgan fingerprint density at radius 3 is 2.53 bits per heavy atom. The standard InChI is InChI=1S/C21H17FN4O3S/c1-11-18(13-4-6-14(22)7-5-13)19-20(23-12(2)24-21(19)30-11)25-16-10-15(26(27)28)8-9-17(16)29-3/h4-10H,1-3H3,(H,23,24,25). The molecule has 0 saturated heterocycles. The van der Waals surface area contributed by atoms with Crippen molar-refractivity contribution in [2.24, 2.45) is 0 Å². The number of nitrogens with zero attached hydrogens (tertiary/aromatic N) is 3. The lowest BCUT2D eigenvalue weighted by Gasteiger charge is -2.13. The van der Waals surface area contributed by atoms with E-state index in [9.17, 15) is 14.5 Å². The maximum atomic E-state index is 13.4. The fourth-order valence-corrected chi connectivity index (χ4v) is 4.40. The zero-order chi connectivity index (χ0) is 21.4. The van der Waals surface area contributed by atoms with Crippen LogP contribution in [-0.4, -0.2) is 22.0 Å². The van der Waals surface area contributed by atoms with E-state index in [1.54, 1.807) is 19.1 Å². The molecular weight excluding hydrogens is 407 g/mol. The topological polar surface area (TPSA) is 90.2 Å². The van der Waals surface area contributed by atoms with Crippen LogP contribution in [0.4, 0.5) is 21.6 Å². The fourth-order valence-electron chi connectivity index (χ4n) is 3.31. The molecule has 2 aromatic heterocycles. The van der Waals surface area contributed by atoms with Crippen LogP contribution >= 0.6 is 11.3 Å². The smallest absolute Gasteiger partial charge is 0.271 e. The van der Waals surface area contributed by atoms with E-state index in [0.29, 0.717) is 23.1 Å². The molecule has 0 aliphatic heterocycles. The maximum absolute atomic E-state index is 13.4. The molecule has 0 fully saturated rings. The summed E-state index contributed by atoms with van der Waals surface area (Å²) in [6.07, 6.45) is 0. The van der Waals surface area contributed by atoms with Crippen LogP contribution in [0.15, 0.2) is 42.5 Å².